The zero-order valence-corrected chi connectivity index (χ0v) is 14.0. The van der Waals surface area contributed by atoms with Crippen LogP contribution in [0.3, 0.4) is 0 Å². The number of carboxylic acids is 1. The summed E-state index contributed by atoms with van der Waals surface area (Å²) in [5, 5.41) is 12.0. The third kappa shape index (κ3) is 5.03. The first kappa shape index (κ1) is 16.9. The SMILES string of the molecule is O=C(O)C=Cc1cnc(N[C@@H]2CCN(CCC3CCCC3)C2)cn1. The Balaban J connectivity index is 1.42. The first-order valence-electron chi connectivity index (χ1n) is 8.91. The van der Waals surface area contributed by atoms with Crippen molar-refractivity contribution in [3.8, 4) is 0 Å². The van der Waals surface area contributed by atoms with Crippen LogP contribution in [0.4, 0.5) is 5.82 Å². The second-order valence-electron chi connectivity index (χ2n) is 6.87. The fraction of sp³-hybridized carbons (Fsp3) is 0.611. The number of nitrogens with one attached hydrogen (secondary N) is 1. The summed E-state index contributed by atoms with van der Waals surface area (Å²) in [4.78, 5) is 21.6. The van der Waals surface area contributed by atoms with Gasteiger partial charge in [0.1, 0.15) is 5.82 Å². The van der Waals surface area contributed by atoms with E-state index in [1.165, 1.54) is 44.7 Å². The molecule has 130 valence electrons. The molecule has 0 amide bonds. The molecule has 2 fully saturated rings. The standard InChI is InChI=1S/C18H26N4O2/c23-18(24)6-5-15-11-20-17(12-19-15)21-16-8-10-22(13-16)9-7-14-3-1-2-4-14/h5-6,11-12,14,16H,1-4,7-10,13H2,(H,20,21)(H,23,24)/t16-/m1/s1. The van der Waals surface area contributed by atoms with E-state index in [1.807, 2.05) is 0 Å². The number of carbonyl (C=O) groups is 1. The highest BCUT2D eigenvalue weighted by Crippen LogP contribution is 2.28. The minimum atomic E-state index is -0.984. The van der Waals surface area contributed by atoms with E-state index in [9.17, 15) is 4.79 Å². The number of carboxylic acid groups (broad SMARTS) is 1. The summed E-state index contributed by atoms with van der Waals surface area (Å²) in [7, 11) is 0. The fourth-order valence-corrected chi connectivity index (χ4v) is 3.68. The van der Waals surface area contributed by atoms with Gasteiger partial charge in [0.2, 0.25) is 0 Å². The molecule has 1 saturated heterocycles. The van der Waals surface area contributed by atoms with Crippen molar-refractivity contribution in [2.45, 2.75) is 44.6 Å². The maximum atomic E-state index is 10.5. The van der Waals surface area contributed by atoms with E-state index in [1.54, 1.807) is 12.4 Å². The zero-order chi connectivity index (χ0) is 16.8. The van der Waals surface area contributed by atoms with Gasteiger partial charge in [-0.05, 0) is 31.4 Å². The lowest BCUT2D eigenvalue weighted by Crippen LogP contribution is -2.28. The van der Waals surface area contributed by atoms with Crippen LogP contribution >= 0.6 is 0 Å². The fourth-order valence-electron chi connectivity index (χ4n) is 3.68. The smallest absolute Gasteiger partial charge is 0.328 e. The zero-order valence-electron chi connectivity index (χ0n) is 14.0. The van der Waals surface area contributed by atoms with Crippen molar-refractivity contribution in [1.29, 1.82) is 0 Å². The molecule has 1 aliphatic carbocycles. The average molecular weight is 330 g/mol. The Morgan fingerprint density at radius 3 is 2.83 bits per heavy atom. The molecule has 6 nitrogen and oxygen atoms in total. The number of hydrogen-bond donors (Lipinski definition) is 2. The number of hydrogen-bond acceptors (Lipinski definition) is 5. The van der Waals surface area contributed by atoms with Crippen molar-refractivity contribution >= 4 is 17.9 Å². The molecular formula is C18H26N4O2. The van der Waals surface area contributed by atoms with Crippen LogP contribution in [0.25, 0.3) is 6.08 Å². The summed E-state index contributed by atoms with van der Waals surface area (Å²) >= 11 is 0. The molecule has 2 aliphatic rings. The van der Waals surface area contributed by atoms with Crippen LogP contribution in [0.2, 0.25) is 0 Å². The summed E-state index contributed by atoms with van der Waals surface area (Å²) in [6.07, 6.45) is 13.9. The monoisotopic (exact) mass is 330 g/mol. The lowest BCUT2D eigenvalue weighted by atomic mass is 10.0. The molecule has 0 bridgehead atoms. The minimum Gasteiger partial charge on any atom is -0.478 e. The number of rotatable bonds is 7. The minimum absolute atomic E-state index is 0.420. The lowest BCUT2D eigenvalue weighted by molar-refractivity contribution is -0.131. The topological polar surface area (TPSA) is 78.3 Å². The molecule has 0 spiro atoms. The van der Waals surface area contributed by atoms with Gasteiger partial charge in [-0.15, -0.1) is 0 Å². The third-order valence-corrected chi connectivity index (χ3v) is 5.02. The molecule has 1 aromatic heterocycles. The molecule has 2 heterocycles. The summed E-state index contributed by atoms with van der Waals surface area (Å²) in [5.74, 6) is 0.724. The van der Waals surface area contributed by atoms with E-state index in [4.69, 9.17) is 5.11 Å². The van der Waals surface area contributed by atoms with Crippen LogP contribution < -0.4 is 5.32 Å². The molecule has 1 saturated carbocycles. The Kier molecular flexibility index (Phi) is 5.80. The molecule has 1 atom stereocenters. The van der Waals surface area contributed by atoms with E-state index >= 15 is 0 Å². The Hall–Kier alpha value is -1.95. The second-order valence-corrected chi connectivity index (χ2v) is 6.87. The van der Waals surface area contributed by atoms with Crippen LogP contribution in [-0.4, -0.2) is 51.6 Å². The van der Waals surface area contributed by atoms with Gasteiger partial charge in [-0.25, -0.2) is 9.78 Å². The molecule has 0 radical (unpaired) electrons. The summed E-state index contributed by atoms with van der Waals surface area (Å²) in [5.41, 5.74) is 0.549. The number of likely N-dealkylation sites (tertiary alicyclic amines) is 1. The van der Waals surface area contributed by atoms with Crippen LogP contribution in [0, 0.1) is 5.92 Å². The molecule has 1 aromatic rings. The summed E-state index contributed by atoms with van der Waals surface area (Å²) < 4.78 is 0. The van der Waals surface area contributed by atoms with Crippen molar-refractivity contribution in [2.24, 2.45) is 5.92 Å². The van der Waals surface area contributed by atoms with Gasteiger partial charge in [0, 0.05) is 25.2 Å². The van der Waals surface area contributed by atoms with Gasteiger partial charge in [-0.2, -0.15) is 0 Å². The molecule has 3 rings (SSSR count). The highest BCUT2D eigenvalue weighted by atomic mass is 16.4. The highest BCUT2D eigenvalue weighted by Gasteiger charge is 2.24. The Bertz CT molecular complexity index is 567. The molecule has 2 N–H and O–H groups in total. The number of nitrogens with zero attached hydrogens (tertiary/aromatic N) is 3. The van der Waals surface area contributed by atoms with Crippen molar-refractivity contribution in [3.05, 3.63) is 24.2 Å². The lowest BCUT2D eigenvalue weighted by Gasteiger charge is -2.19. The molecule has 24 heavy (non-hydrogen) atoms. The molecule has 0 aromatic carbocycles. The molecule has 1 aliphatic heterocycles. The van der Waals surface area contributed by atoms with E-state index in [2.05, 4.69) is 20.2 Å². The van der Waals surface area contributed by atoms with Gasteiger partial charge in [0.25, 0.3) is 0 Å². The van der Waals surface area contributed by atoms with Crippen LogP contribution in [0.1, 0.15) is 44.2 Å². The van der Waals surface area contributed by atoms with Crippen molar-refractivity contribution < 1.29 is 9.90 Å². The Morgan fingerprint density at radius 1 is 1.29 bits per heavy atom. The quantitative estimate of drug-likeness (QED) is 0.748. The van der Waals surface area contributed by atoms with Crippen molar-refractivity contribution in [3.63, 3.8) is 0 Å². The number of aliphatic carboxylic acids is 1. The van der Waals surface area contributed by atoms with Gasteiger partial charge in [-0.3, -0.25) is 4.98 Å². The van der Waals surface area contributed by atoms with Gasteiger partial charge in [0.05, 0.1) is 18.1 Å². The number of anilines is 1. The predicted octanol–water partition coefficient (Wildman–Crippen LogP) is 2.64. The molecule has 0 unspecified atom stereocenters. The Labute approximate surface area is 143 Å². The van der Waals surface area contributed by atoms with E-state index in [0.717, 1.165) is 37.3 Å². The van der Waals surface area contributed by atoms with Crippen LogP contribution in [0.5, 0.6) is 0 Å². The molecular weight excluding hydrogens is 304 g/mol. The van der Waals surface area contributed by atoms with Gasteiger partial charge < -0.3 is 15.3 Å². The van der Waals surface area contributed by atoms with Gasteiger partial charge in [-0.1, -0.05) is 25.7 Å². The van der Waals surface area contributed by atoms with E-state index in [-0.39, 0.29) is 0 Å². The van der Waals surface area contributed by atoms with E-state index in [0.29, 0.717) is 11.7 Å². The van der Waals surface area contributed by atoms with Crippen LogP contribution in [-0.2, 0) is 4.79 Å². The largest absolute Gasteiger partial charge is 0.478 e. The maximum absolute atomic E-state index is 10.5. The summed E-state index contributed by atoms with van der Waals surface area (Å²) in [6.45, 7) is 3.43. The normalized spacial score (nSPS) is 22.4. The summed E-state index contributed by atoms with van der Waals surface area (Å²) in [6, 6.07) is 0.420. The first-order valence-corrected chi connectivity index (χ1v) is 8.91. The van der Waals surface area contributed by atoms with E-state index < -0.39 is 5.97 Å². The maximum Gasteiger partial charge on any atom is 0.328 e. The third-order valence-electron chi connectivity index (χ3n) is 5.02. The first-order chi connectivity index (χ1) is 11.7. The average Bonchev–Trinajstić information content (AvgIpc) is 3.24. The van der Waals surface area contributed by atoms with Gasteiger partial charge >= 0.3 is 5.97 Å². The number of aromatic nitrogens is 2. The van der Waals surface area contributed by atoms with Crippen molar-refractivity contribution in [1.82, 2.24) is 14.9 Å². The molecule has 6 heteroatoms. The Morgan fingerprint density at radius 2 is 2.12 bits per heavy atom. The predicted molar refractivity (Wildman–Crippen MR) is 93.7 cm³/mol. The second kappa shape index (κ2) is 8.24. The highest BCUT2D eigenvalue weighted by molar-refractivity contribution is 5.84. The van der Waals surface area contributed by atoms with Crippen LogP contribution in [0.15, 0.2) is 18.5 Å². The van der Waals surface area contributed by atoms with Crippen molar-refractivity contribution in [2.75, 3.05) is 25.0 Å². The van der Waals surface area contributed by atoms with Gasteiger partial charge in [0.15, 0.2) is 0 Å².